The van der Waals surface area contributed by atoms with Crippen LogP contribution in [0.4, 0.5) is 5.69 Å². The van der Waals surface area contributed by atoms with Crippen molar-refractivity contribution in [3.63, 3.8) is 0 Å². The number of anilines is 1. The highest BCUT2D eigenvalue weighted by Gasteiger charge is 2.19. The highest BCUT2D eigenvalue weighted by atomic mass is 14.9. The predicted molar refractivity (Wildman–Crippen MR) is 140 cm³/mol. The molecule has 0 atom stereocenters. The molecule has 0 bridgehead atoms. The summed E-state index contributed by atoms with van der Waals surface area (Å²) in [5, 5.41) is 3.64. The van der Waals surface area contributed by atoms with Crippen molar-refractivity contribution in [1.29, 1.82) is 0 Å². The summed E-state index contributed by atoms with van der Waals surface area (Å²) in [6.45, 7) is 20.9. The van der Waals surface area contributed by atoms with E-state index in [0.29, 0.717) is 17.8 Å². The van der Waals surface area contributed by atoms with Gasteiger partial charge in [-0.3, -0.25) is 4.98 Å². The first-order valence-electron chi connectivity index (χ1n) is 12.0. The summed E-state index contributed by atoms with van der Waals surface area (Å²) >= 11 is 0. The first kappa shape index (κ1) is 24.0. The standard InChI is InChI=1S/C30H40N2/c1-18(2)24-15-26(19(3)4)29(27(16-24)20(5)6)28-12-10-11-25(32-28)17-31-30-22(8)13-21(7)14-23(30)9/h10-16,18-20,31H,17H2,1-9H3. The molecule has 3 aromatic rings. The van der Waals surface area contributed by atoms with E-state index in [2.05, 4.69) is 110 Å². The number of hydrogen-bond donors (Lipinski definition) is 1. The fraction of sp³-hybridized carbons (Fsp3) is 0.433. The summed E-state index contributed by atoms with van der Waals surface area (Å²) in [7, 11) is 0. The monoisotopic (exact) mass is 428 g/mol. The zero-order valence-corrected chi connectivity index (χ0v) is 21.4. The first-order valence-corrected chi connectivity index (χ1v) is 12.0. The summed E-state index contributed by atoms with van der Waals surface area (Å²) < 4.78 is 0. The van der Waals surface area contributed by atoms with Crippen molar-refractivity contribution in [1.82, 2.24) is 4.98 Å². The Kier molecular flexibility index (Phi) is 7.44. The number of aryl methyl sites for hydroxylation is 3. The fourth-order valence-electron chi connectivity index (χ4n) is 4.61. The van der Waals surface area contributed by atoms with E-state index in [0.717, 1.165) is 17.9 Å². The molecule has 2 heteroatoms. The molecule has 0 saturated heterocycles. The Morgan fingerprint density at radius 3 is 1.81 bits per heavy atom. The summed E-state index contributed by atoms with van der Waals surface area (Å²) in [6, 6.07) is 15.7. The summed E-state index contributed by atoms with van der Waals surface area (Å²) in [5.74, 6) is 1.41. The van der Waals surface area contributed by atoms with Gasteiger partial charge in [-0.05, 0) is 78.5 Å². The Balaban J connectivity index is 2.02. The van der Waals surface area contributed by atoms with Gasteiger partial charge in [-0.25, -0.2) is 0 Å². The molecular weight excluding hydrogens is 388 g/mol. The molecule has 0 amide bonds. The van der Waals surface area contributed by atoms with Gasteiger partial charge in [-0.1, -0.05) is 77.4 Å². The fourth-order valence-corrected chi connectivity index (χ4v) is 4.61. The van der Waals surface area contributed by atoms with Crippen LogP contribution in [0.3, 0.4) is 0 Å². The average molecular weight is 429 g/mol. The number of aromatic nitrogens is 1. The van der Waals surface area contributed by atoms with Crippen LogP contribution in [-0.4, -0.2) is 4.98 Å². The van der Waals surface area contributed by atoms with Gasteiger partial charge in [0, 0.05) is 11.3 Å². The van der Waals surface area contributed by atoms with Crippen LogP contribution in [0.1, 0.15) is 98.4 Å². The molecule has 2 nitrogen and oxygen atoms in total. The second kappa shape index (κ2) is 9.90. The summed E-state index contributed by atoms with van der Waals surface area (Å²) in [6.07, 6.45) is 0. The van der Waals surface area contributed by atoms with Crippen molar-refractivity contribution in [2.24, 2.45) is 0 Å². The lowest BCUT2D eigenvalue weighted by Gasteiger charge is -2.23. The van der Waals surface area contributed by atoms with Gasteiger partial charge >= 0.3 is 0 Å². The lowest BCUT2D eigenvalue weighted by molar-refractivity contribution is 0.806. The predicted octanol–water partition coefficient (Wildman–Crippen LogP) is 8.66. The number of pyridine rings is 1. The topological polar surface area (TPSA) is 24.9 Å². The number of hydrogen-bond acceptors (Lipinski definition) is 2. The van der Waals surface area contributed by atoms with E-state index in [4.69, 9.17) is 4.98 Å². The van der Waals surface area contributed by atoms with Gasteiger partial charge in [0.15, 0.2) is 0 Å². The third kappa shape index (κ3) is 5.23. The van der Waals surface area contributed by atoms with E-state index in [1.807, 2.05) is 0 Å². The van der Waals surface area contributed by atoms with Crippen LogP contribution in [0.15, 0.2) is 42.5 Å². The molecule has 0 aliphatic rings. The van der Waals surface area contributed by atoms with E-state index in [1.54, 1.807) is 0 Å². The van der Waals surface area contributed by atoms with Crippen molar-refractivity contribution in [2.45, 2.75) is 86.6 Å². The molecule has 0 aliphatic carbocycles. The molecule has 32 heavy (non-hydrogen) atoms. The smallest absolute Gasteiger partial charge is 0.0711 e. The maximum absolute atomic E-state index is 5.13. The van der Waals surface area contributed by atoms with Crippen LogP contribution in [-0.2, 0) is 6.54 Å². The van der Waals surface area contributed by atoms with E-state index < -0.39 is 0 Å². The number of rotatable bonds is 7. The van der Waals surface area contributed by atoms with Gasteiger partial charge in [0.2, 0.25) is 0 Å². The van der Waals surface area contributed by atoms with Crippen molar-refractivity contribution >= 4 is 5.69 Å². The van der Waals surface area contributed by atoms with Crippen LogP contribution in [0, 0.1) is 20.8 Å². The highest BCUT2D eigenvalue weighted by molar-refractivity contribution is 5.71. The zero-order valence-electron chi connectivity index (χ0n) is 21.4. The van der Waals surface area contributed by atoms with Crippen LogP contribution in [0.25, 0.3) is 11.3 Å². The third-order valence-electron chi connectivity index (χ3n) is 6.32. The first-order chi connectivity index (χ1) is 15.1. The van der Waals surface area contributed by atoms with Gasteiger partial charge in [-0.2, -0.15) is 0 Å². The molecule has 3 rings (SSSR count). The van der Waals surface area contributed by atoms with E-state index in [1.165, 1.54) is 44.6 Å². The van der Waals surface area contributed by atoms with Crippen LogP contribution in [0.5, 0.6) is 0 Å². The molecule has 0 saturated carbocycles. The molecule has 1 heterocycles. The van der Waals surface area contributed by atoms with Crippen LogP contribution < -0.4 is 5.32 Å². The molecule has 0 fully saturated rings. The summed E-state index contributed by atoms with van der Waals surface area (Å²) in [4.78, 5) is 5.13. The molecule has 0 aliphatic heterocycles. The molecule has 0 unspecified atom stereocenters. The zero-order chi connectivity index (χ0) is 23.6. The lowest BCUT2D eigenvalue weighted by Crippen LogP contribution is -2.07. The second-order valence-electron chi connectivity index (χ2n) is 10.2. The third-order valence-corrected chi connectivity index (χ3v) is 6.32. The molecule has 0 radical (unpaired) electrons. The van der Waals surface area contributed by atoms with Gasteiger partial charge in [-0.15, -0.1) is 0 Å². The Hall–Kier alpha value is -2.61. The van der Waals surface area contributed by atoms with E-state index >= 15 is 0 Å². The normalized spacial score (nSPS) is 11.6. The van der Waals surface area contributed by atoms with Gasteiger partial charge < -0.3 is 5.32 Å². The second-order valence-corrected chi connectivity index (χ2v) is 10.2. The SMILES string of the molecule is Cc1cc(C)c(NCc2cccc(-c3c(C(C)C)cc(C(C)C)cc3C(C)C)n2)c(C)c1. The van der Waals surface area contributed by atoms with Gasteiger partial charge in [0.1, 0.15) is 0 Å². The van der Waals surface area contributed by atoms with Crippen LogP contribution >= 0.6 is 0 Å². The minimum absolute atomic E-state index is 0.447. The van der Waals surface area contributed by atoms with E-state index in [9.17, 15) is 0 Å². The Morgan fingerprint density at radius 2 is 1.31 bits per heavy atom. The largest absolute Gasteiger partial charge is 0.379 e. The summed E-state index contributed by atoms with van der Waals surface area (Å²) in [5.41, 5.74) is 12.8. The van der Waals surface area contributed by atoms with Gasteiger partial charge in [0.25, 0.3) is 0 Å². The molecule has 1 N–H and O–H groups in total. The maximum Gasteiger partial charge on any atom is 0.0711 e. The molecular formula is C30H40N2. The van der Waals surface area contributed by atoms with Crippen molar-refractivity contribution in [3.8, 4) is 11.3 Å². The van der Waals surface area contributed by atoms with Crippen molar-refractivity contribution < 1.29 is 0 Å². The minimum atomic E-state index is 0.447. The number of benzene rings is 2. The molecule has 2 aromatic carbocycles. The quantitative estimate of drug-likeness (QED) is 0.407. The average Bonchev–Trinajstić information content (AvgIpc) is 2.72. The van der Waals surface area contributed by atoms with Crippen molar-refractivity contribution in [3.05, 3.63) is 81.5 Å². The maximum atomic E-state index is 5.13. The Labute approximate surface area is 195 Å². The molecule has 1 aromatic heterocycles. The Morgan fingerprint density at radius 1 is 0.750 bits per heavy atom. The minimum Gasteiger partial charge on any atom is -0.379 e. The Bertz CT molecular complexity index is 1040. The van der Waals surface area contributed by atoms with Crippen molar-refractivity contribution in [2.75, 3.05) is 5.32 Å². The highest BCUT2D eigenvalue weighted by Crippen LogP contribution is 2.38. The number of nitrogens with zero attached hydrogens (tertiary/aromatic N) is 1. The van der Waals surface area contributed by atoms with Gasteiger partial charge in [0.05, 0.1) is 17.9 Å². The van der Waals surface area contributed by atoms with E-state index in [-0.39, 0.29) is 0 Å². The number of nitrogens with one attached hydrogen (secondary N) is 1. The van der Waals surface area contributed by atoms with Crippen LogP contribution in [0.2, 0.25) is 0 Å². The lowest BCUT2D eigenvalue weighted by atomic mass is 9.83. The molecule has 170 valence electrons. The molecule has 0 spiro atoms.